The molecule has 104 valence electrons. The van der Waals surface area contributed by atoms with E-state index in [0.29, 0.717) is 12.1 Å². The first-order valence-corrected chi connectivity index (χ1v) is 7.77. The summed E-state index contributed by atoms with van der Waals surface area (Å²) in [5.41, 5.74) is 10.8. The van der Waals surface area contributed by atoms with E-state index in [9.17, 15) is 0 Å². The number of fused-ring (bicyclic) bond motifs is 1. The molecule has 0 radical (unpaired) electrons. The Balaban J connectivity index is 1.90. The summed E-state index contributed by atoms with van der Waals surface area (Å²) in [4.78, 5) is 2.61. The molecular formula is C17H26N2. The fourth-order valence-electron chi connectivity index (χ4n) is 3.83. The monoisotopic (exact) mass is 258 g/mol. The normalized spacial score (nSPS) is 31.1. The van der Waals surface area contributed by atoms with Gasteiger partial charge >= 0.3 is 0 Å². The topological polar surface area (TPSA) is 29.3 Å². The van der Waals surface area contributed by atoms with Crippen molar-refractivity contribution in [2.45, 2.75) is 58.0 Å². The Morgan fingerprint density at radius 3 is 2.95 bits per heavy atom. The second-order valence-corrected chi connectivity index (χ2v) is 6.58. The minimum atomic E-state index is 0.350. The lowest BCUT2D eigenvalue weighted by Crippen LogP contribution is -2.52. The third-order valence-electron chi connectivity index (χ3n) is 4.92. The summed E-state index contributed by atoms with van der Waals surface area (Å²) >= 11 is 0. The van der Waals surface area contributed by atoms with E-state index in [1.165, 1.54) is 55.5 Å². The first-order chi connectivity index (χ1) is 9.15. The molecule has 2 N–H and O–H groups in total. The summed E-state index contributed by atoms with van der Waals surface area (Å²) in [5, 5.41) is 0. The summed E-state index contributed by atoms with van der Waals surface area (Å²) in [5.74, 6) is 0.820. The highest BCUT2D eigenvalue weighted by atomic mass is 15.2. The molecule has 2 nitrogen and oxygen atoms in total. The Labute approximate surface area is 117 Å². The van der Waals surface area contributed by atoms with E-state index in [1.807, 2.05) is 0 Å². The lowest BCUT2D eigenvalue weighted by atomic mass is 9.82. The lowest BCUT2D eigenvalue weighted by molar-refractivity contribution is 0.291. The van der Waals surface area contributed by atoms with E-state index in [-0.39, 0.29) is 0 Å². The fraction of sp³-hybridized carbons (Fsp3) is 0.647. The maximum atomic E-state index is 6.42. The van der Waals surface area contributed by atoms with Crippen LogP contribution in [0, 0.1) is 12.8 Å². The van der Waals surface area contributed by atoms with Gasteiger partial charge in [-0.25, -0.2) is 0 Å². The number of hydrogen-bond donors (Lipinski definition) is 1. The molecule has 1 heterocycles. The van der Waals surface area contributed by atoms with Gasteiger partial charge in [0.25, 0.3) is 0 Å². The van der Waals surface area contributed by atoms with Crippen LogP contribution < -0.4 is 10.6 Å². The lowest BCUT2D eigenvalue weighted by Gasteiger charge is -2.44. The van der Waals surface area contributed by atoms with Crippen LogP contribution in [0.5, 0.6) is 0 Å². The van der Waals surface area contributed by atoms with Gasteiger partial charge in [-0.2, -0.15) is 0 Å². The molecule has 2 aliphatic rings. The van der Waals surface area contributed by atoms with Crippen LogP contribution in [0.2, 0.25) is 0 Å². The van der Waals surface area contributed by atoms with Crippen molar-refractivity contribution in [3.05, 3.63) is 29.3 Å². The van der Waals surface area contributed by atoms with Gasteiger partial charge in [0.15, 0.2) is 0 Å². The highest BCUT2D eigenvalue weighted by Crippen LogP contribution is 2.35. The molecule has 3 rings (SSSR count). The molecule has 1 saturated carbocycles. The van der Waals surface area contributed by atoms with Crippen LogP contribution in [-0.2, 0) is 6.42 Å². The van der Waals surface area contributed by atoms with E-state index in [2.05, 4.69) is 36.9 Å². The van der Waals surface area contributed by atoms with Crippen molar-refractivity contribution in [1.82, 2.24) is 0 Å². The van der Waals surface area contributed by atoms with Gasteiger partial charge in [-0.15, -0.1) is 0 Å². The second-order valence-electron chi connectivity index (χ2n) is 6.58. The smallest absolute Gasteiger partial charge is 0.0443 e. The van der Waals surface area contributed by atoms with E-state index in [0.717, 1.165) is 5.92 Å². The predicted molar refractivity (Wildman–Crippen MR) is 81.6 cm³/mol. The van der Waals surface area contributed by atoms with E-state index in [1.54, 1.807) is 0 Å². The number of hydrogen-bond acceptors (Lipinski definition) is 2. The van der Waals surface area contributed by atoms with Gasteiger partial charge < -0.3 is 10.6 Å². The summed E-state index contributed by atoms with van der Waals surface area (Å²) in [6, 6.07) is 7.82. The van der Waals surface area contributed by atoms with Gasteiger partial charge in [-0.3, -0.25) is 0 Å². The first kappa shape index (κ1) is 13.0. The Morgan fingerprint density at radius 1 is 1.26 bits per heavy atom. The molecule has 0 saturated heterocycles. The van der Waals surface area contributed by atoms with Crippen LogP contribution in [0.4, 0.5) is 5.69 Å². The van der Waals surface area contributed by atoms with Crippen LogP contribution in [-0.4, -0.2) is 18.6 Å². The molecular weight excluding hydrogens is 232 g/mol. The quantitative estimate of drug-likeness (QED) is 0.837. The maximum absolute atomic E-state index is 6.42. The number of nitrogens with two attached hydrogens (primary N) is 1. The van der Waals surface area contributed by atoms with Crippen LogP contribution in [0.3, 0.4) is 0 Å². The number of nitrogens with zero attached hydrogens (tertiary/aromatic N) is 1. The van der Waals surface area contributed by atoms with Crippen LogP contribution >= 0.6 is 0 Å². The Kier molecular flexibility index (Phi) is 3.53. The highest BCUT2D eigenvalue weighted by Gasteiger charge is 2.32. The highest BCUT2D eigenvalue weighted by molar-refractivity contribution is 5.57. The number of aryl methyl sites for hydroxylation is 2. The van der Waals surface area contributed by atoms with Crippen molar-refractivity contribution >= 4 is 5.69 Å². The van der Waals surface area contributed by atoms with Crippen LogP contribution in [0.15, 0.2) is 18.2 Å². The second kappa shape index (κ2) is 5.16. The van der Waals surface area contributed by atoms with E-state index < -0.39 is 0 Å². The van der Waals surface area contributed by atoms with E-state index >= 15 is 0 Å². The summed E-state index contributed by atoms with van der Waals surface area (Å²) in [7, 11) is 0. The van der Waals surface area contributed by atoms with Crippen LogP contribution in [0.1, 0.15) is 43.7 Å². The van der Waals surface area contributed by atoms with Gasteiger partial charge in [-0.1, -0.05) is 24.6 Å². The molecule has 1 aliphatic heterocycles. The van der Waals surface area contributed by atoms with Crippen molar-refractivity contribution in [2.24, 2.45) is 11.7 Å². The van der Waals surface area contributed by atoms with Gasteiger partial charge in [0, 0.05) is 24.3 Å². The third-order valence-corrected chi connectivity index (χ3v) is 4.92. The molecule has 0 amide bonds. The zero-order chi connectivity index (χ0) is 13.4. The van der Waals surface area contributed by atoms with Crippen molar-refractivity contribution in [1.29, 1.82) is 0 Å². The largest absolute Gasteiger partial charge is 0.367 e. The Morgan fingerprint density at radius 2 is 2.11 bits per heavy atom. The van der Waals surface area contributed by atoms with Crippen LogP contribution in [0.25, 0.3) is 0 Å². The zero-order valence-electron chi connectivity index (χ0n) is 12.2. The molecule has 1 fully saturated rings. The van der Waals surface area contributed by atoms with Gasteiger partial charge in [0.1, 0.15) is 0 Å². The van der Waals surface area contributed by atoms with Gasteiger partial charge in [0.2, 0.25) is 0 Å². The number of rotatable bonds is 1. The van der Waals surface area contributed by atoms with Crippen molar-refractivity contribution in [2.75, 3.05) is 11.4 Å². The standard InChI is InChI=1S/C17H26N2/c1-12-6-8-16-14(10-12)4-3-9-19(16)17-11-13(2)5-7-15(17)18/h6,8,10,13,15,17H,3-5,7,9,11,18H2,1-2H3. The number of anilines is 1. The predicted octanol–water partition coefficient (Wildman–Crippen LogP) is 3.26. The zero-order valence-corrected chi connectivity index (χ0v) is 12.2. The van der Waals surface area contributed by atoms with Crippen molar-refractivity contribution in [3.8, 4) is 0 Å². The summed E-state index contributed by atoms with van der Waals surface area (Å²) < 4.78 is 0. The molecule has 1 aromatic rings. The maximum Gasteiger partial charge on any atom is 0.0443 e. The minimum absolute atomic E-state index is 0.350. The Bertz CT molecular complexity index is 455. The van der Waals surface area contributed by atoms with Gasteiger partial charge in [0.05, 0.1) is 0 Å². The number of benzene rings is 1. The molecule has 0 bridgehead atoms. The fourth-order valence-corrected chi connectivity index (χ4v) is 3.83. The molecule has 1 aromatic carbocycles. The molecule has 3 atom stereocenters. The molecule has 2 heteroatoms. The average molecular weight is 258 g/mol. The third kappa shape index (κ3) is 2.51. The molecule has 0 aromatic heterocycles. The summed E-state index contributed by atoms with van der Waals surface area (Å²) in [6.07, 6.45) is 6.24. The Hall–Kier alpha value is -1.02. The SMILES string of the molecule is Cc1ccc2c(c1)CCCN2C1CC(C)CCC1N. The van der Waals surface area contributed by atoms with Crippen molar-refractivity contribution in [3.63, 3.8) is 0 Å². The van der Waals surface area contributed by atoms with E-state index in [4.69, 9.17) is 5.73 Å². The molecule has 0 spiro atoms. The van der Waals surface area contributed by atoms with Gasteiger partial charge in [-0.05, 0) is 56.6 Å². The molecule has 19 heavy (non-hydrogen) atoms. The average Bonchev–Trinajstić information content (AvgIpc) is 2.40. The minimum Gasteiger partial charge on any atom is -0.367 e. The van der Waals surface area contributed by atoms with Crippen molar-refractivity contribution < 1.29 is 0 Å². The molecule has 1 aliphatic carbocycles. The molecule has 3 unspecified atom stereocenters. The first-order valence-electron chi connectivity index (χ1n) is 7.77. The summed E-state index contributed by atoms with van der Waals surface area (Å²) in [6.45, 7) is 5.74.